The summed E-state index contributed by atoms with van der Waals surface area (Å²) in [6.45, 7) is 3.52. The summed E-state index contributed by atoms with van der Waals surface area (Å²) < 4.78 is 151. The third-order valence-corrected chi connectivity index (χ3v) is 13.2. The number of aromatic nitrogens is 7. The minimum atomic E-state index is -4.98. The van der Waals surface area contributed by atoms with Crippen LogP contribution in [-0.2, 0) is 59.2 Å². The number of benzene rings is 3. The van der Waals surface area contributed by atoms with E-state index in [0.717, 1.165) is 39.7 Å². The molecule has 8 rings (SSSR count). The number of ketones is 1. The zero-order chi connectivity index (χ0) is 55.3. The molecule has 0 spiro atoms. The molecule has 0 saturated heterocycles. The minimum absolute atomic E-state index is 0.0970. The normalized spacial score (nSPS) is 13.3. The van der Waals surface area contributed by atoms with E-state index in [1.165, 1.54) is 34.3 Å². The van der Waals surface area contributed by atoms with Crippen molar-refractivity contribution in [2.45, 2.75) is 48.0 Å². The van der Waals surface area contributed by atoms with Crippen LogP contribution in [0, 0.1) is 6.92 Å². The molecule has 0 unspecified atom stereocenters. The second-order valence-electron chi connectivity index (χ2n) is 15.7. The Kier molecular flexibility index (Phi) is 16.4. The Labute approximate surface area is 422 Å². The molecule has 0 amide bonds. The lowest BCUT2D eigenvalue weighted by Crippen LogP contribution is -2.29. The van der Waals surface area contributed by atoms with Gasteiger partial charge in [-0.3, -0.25) is 19.4 Å². The Morgan fingerprint density at radius 1 is 0.853 bits per heavy atom. The van der Waals surface area contributed by atoms with Gasteiger partial charge in [-0.15, -0.1) is 5.10 Å². The molecule has 0 aliphatic carbocycles. The number of carbonyl (C=O) groups is 2. The number of nitrogens with one attached hydrogen (secondary N) is 2. The monoisotopic (exact) mass is 1090 g/mol. The van der Waals surface area contributed by atoms with E-state index in [0.29, 0.717) is 43.2 Å². The van der Waals surface area contributed by atoms with Gasteiger partial charge < -0.3 is 23.8 Å². The number of oxime groups is 1. The zero-order valence-corrected chi connectivity index (χ0v) is 41.9. The van der Waals surface area contributed by atoms with Gasteiger partial charge in [-0.2, -0.15) is 40.8 Å². The first kappa shape index (κ1) is 56.0. The van der Waals surface area contributed by atoms with E-state index in [-0.39, 0.29) is 28.8 Å². The standard InChI is InChI=1S/C18H17NO3.C14H13F3N6O5S.C14H13F3N2O4S/c1-2-21-17(20)16-13-18(22-19-16,14-9-5-3-6-10-14)15-11-7-4-8-12-15;1-26-8-6-9(27-2)23-13(19-8)20-12(21-23)22-29(24,25)10-7(14(15,16)17)4-5-18-11(10)28-3;1-7-11(13(21)19(2)18-7)12(20)9-5-4-8(14(15,16)17)6-10(9)24(3,22)23/h3-12H,2,13H2,1H3;4-6H,1-3H3,(H,21,22);4-6,18H,1-3H3. The fourth-order valence-electron chi connectivity index (χ4n) is 7.27. The molecule has 21 nitrogen and oxygen atoms in total. The maximum absolute atomic E-state index is 13.3. The summed E-state index contributed by atoms with van der Waals surface area (Å²) in [5.74, 6) is -2.59. The van der Waals surface area contributed by atoms with Crippen LogP contribution in [0.15, 0.2) is 117 Å². The van der Waals surface area contributed by atoms with E-state index in [4.69, 9.17) is 23.8 Å². The van der Waals surface area contributed by atoms with Crippen LogP contribution in [0.2, 0.25) is 0 Å². The SMILES string of the molecule is CCOC(=O)C1=NOC(c2ccccc2)(c2ccccc2)C1.COc1cc(OC)n2nc(NS(=O)(=O)c3c(C(F)(F)F)ccnc3OC)nc2n1.Cc1[nH]n(C)c(=O)c1C(=O)c1ccc(C(F)(F)F)cc1S(C)(=O)=O. The Balaban J connectivity index is 0.000000185. The summed E-state index contributed by atoms with van der Waals surface area (Å²) >= 11 is 0. The number of pyridine rings is 1. The summed E-state index contributed by atoms with van der Waals surface area (Å²) in [6.07, 6.45) is -7.90. The van der Waals surface area contributed by atoms with Gasteiger partial charge in [-0.05, 0) is 38.1 Å². The first-order valence-electron chi connectivity index (χ1n) is 21.4. The van der Waals surface area contributed by atoms with Gasteiger partial charge in [0, 0.05) is 41.9 Å². The predicted molar refractivity (Wildman–Crippen MR) is 253 cm³/mol. The van der Waals surface area contributed by atoms with E-state index in [9.17, 15) is 57.6 Å². The summed E-state index contributed by atoms with van der Waals surface area (Å²) in [4.78, 5) is 51.6. The molecule has 0 fully saturated rings. The number of anilines is 1. The minimum Gasteiger partial charge on any atom is -0.481 e. The highest BCUT2D eigenvalue weighted by Crippen LogP contribution is 2.42. The van der Waals surface area contributed by atoms with Crippen LogP contribution in [0.1, 0.15) is 57.2 Å². The number of H-pyrrole nitrogens is 1. The maximum atomic E-state index is 13.3. The number of rotatable bonds is 13. The van der Waals surface area contributed by atoms with E-state index in [2.05, 4.69) is 30.3 Å². The van der Waals surface area contributed by atoms with Crippen LogP contribution < -0.4 is 24.5 Å². The molecule has 2 N–H and O–H groups in total. The lowest BCUT2D eigenvalue weighted by atomic mass is 9.82. The van der Waals surface area contributed by atoms with E-state index in [1.54, 1.807) is 6.92 Å². The molecule has 3 aromatic carbocycles. The second-order valence-corrected chi connectivity index (χ2v) is 19.3. The number of hydrogen-bond donors (Lipinski definition) is 2. The summed E-state index contributed by atoms with van der Waals surface area (Å²) in [7, 11) is -3.97. The van der Waals surface area contributed by atoms with E-state index in [1.807, 2.05) is 65.4 Å². The Bertz CT molecular complexity index is 3530. The van der Waals surface area contributed by atoms with Crippen LogP contribution in [0.5, 0.6) is 17.6 Å². The largest absolute Gasteiger partial charge is 0.481 e. The highest BCUT2D eigenvalue weighted by Gasteiger charge is 2.45. The number of alkyl halides is 6. The molecule has 29 heteroatoms. The molecule has 1 aliphatic heterocycles. The van der Waals surface area contributed by atoms with Crippen molar-refractivity contribution in [2.75, 3.05) is 38.9 Å². The number of hydrogen-bond acceptors (Lipinski definition) is 17. The number of ether oxygens (including phenoxy) is 4. The predicted octanol–water partition coefficient (Wildman–Crippen LogP) is 6.31. The molecule has 398 valence electrons. The fourth-order valence-corrected chi connectivity index (χ4v) is 9.44. The Hall–Kier alpha value is -8.34. The topological polar surface area (TPSA) is 267 Å². The average Bonchev–Trinajstić information content (AvgIpc) is 4.07. The van der Waals surface area contributed by atoms with Gasteiger partial charge in [0.1, 0.15) is 5.56 Å². The number of sulfonamides is 1. The van der Waals surface area contributed by atoms with Gasteiger partial charge in [-0.25, -0.2) is 31.3 Å². The first-order valence-corrected chi connectivity index (χ1v) is 24.8. The van der Waals surface area contributed by atoms with Crippen molar-refractivity contribution in [2.24, 2.45) is 12.2 Å². The number of aromatic amines is 1. The molecule has 0 radical (unpaired) electrons. The van der Waals surface area contributed by atoms with E-state index >= 15 is 0 Å². The van der Waals surface area contributed by atoms with E-state index < -0.39 is 93.4 Å². The van der Waals surface area contributed by atoms with Crippen LogP contribution in [0.4, 0.5) is 32.3 Å². The van der Waals surface area contributed by atoms with Crippen molar-refractivity contribution in [3.63, 3.8) is 0 Å². The smallest absolute Gasteiger partial charge is 0.418 e. The molecule has 0 saturated carbocycles. The number of fused-ring (bicyclic) bond motifs is 1. The van der Waals surface area contributed by atoms with Crippen molar-refractivity contribution in [1.82, 2.24) is 34.3 Å². The second kappa shape index (κ2) is 22.0. The van der Waals surface area contributed by atoms with Gasteiger partial charge in [0.05, 0.1) is 56.4 Å². The number of carbonyl (C=O) groups excluding carboxylic acids is 2. The number of methoxy groups -OCH3 is 3. The van der Waals surface area contributed by atoms with Crippen molar-refractivity contribution in [3.8, 4) is 17.6 Å². The number of halogens is 6. The molecule has 1 aliphatic rings. The maximum Gasteiger partial charge on any atom is 0.418 e. The summed E-state index contributed by atoms with van der Waals surface area (Å²) in [5, 5.41) is 10.4. The Morgan fingerprint density at radius 3 is 1.99 bits per heavy atom. The fraction of sp³-hybridized carbons (Fsp3) is 0.261. The van der Waals surface area contributed by atoms with Crippen molar-refractivity contribution in [3.05, 3.63) is 147 Å². The van der Waals surface area contributed by atoms with Crippen LogP contribution in [0.25, 0.3) is 5.78 Å². The molecule has 5 heterocycles. The zero-order valence-electron chi connectivity index (χ0n) is 40.3. The van der Waals surface area contributed by atoms with Crippen LogP contribution in [-0.4, -0.2) is 103 Å². The summed E-state index contributed by atoms with van der Waals surface area (Å²) in [5.41, 5.74) is -2.50. The number of nitrogens with zero attached hydrogens (tertiary/aromatic N) is 7. The van der Waals surface area contributed by atoms with Crippen molar-refractivity contribution >= 4 is 49.1 Å². The van der Waals surface area contributed by atoms with Crippen LogP contribution >= 0.6 is 0 Å². The van der Waals surface area contributed by atoms with Gasteiger partial charge in [-0.1, -0.05) is 65.8 Å². The van der Waals surface area contributed by atoms with Gasteiger partial charge in [0.2, 0.25) is 23.4 Å². The van der Waals surface area contributed by atoms with Crippen LogP contribution in [0.3, 0.4) is 0 Å². The molecule has 0 atom stereocenters. The molecular weight excluding hydrogens is 1050 g/mol. The van der Waals surface area contributed by atoms with Gasteiger partial charge >= 0.3 is 18.3 Å². The molecular formula is C46H43F6N9O12S2. The van der Waals surface area contributed by atoms with Gasteiger partial charge in [0.15, 0.2) is 26.0 Å². The molecule has 4 aromatic heterocycles. The average molecular weight is 1090 g/mol. The lowest BCUT2D eigenvalue weighted by Gasteiger charge is -2.27. The lowest BCUT2D eigenvalue weighted by molar-refractivity contribution is -0.140. The number of esters is 1. The van der Waals surface area contributed by atoms with Gasteiger partial charge in [0.25, 0.3) is 27.3 Å². The van der Waals surface area contributed by atoms with Crippen molar-refractivity contribution in [1.29, 1.82) is 0 Å². The Morgan fingerprint density at radius 2 is 1.48 bits per heavy atom. The first-order chi connectivity index (χ1) is 35.2. The summed E-state index contributed by atoms with van der Waals surface area (Å²) in [6, 6.07) is 23.3. The highest BCUT2D eigenvalue weighted by atomic mass is 32.2. The van der Waals surface area contributed by atoms with Crippen molar-refractivity contribution < 1.29 is 76.6 Å². The number of sulfone groups is 1. The quantitative estimate of drug-likeness (QED) is 0.0728. The molecule has 0 bridgehead atoms. The highest BCUT2D eigenvalue weighted by molar-refractivity contribution is 7.93. The third-order valence-electron chi connectivity index (χ3n) is 10.7. The molecule has 7 aromatic rings. The third kappa shape index (κ3) is 12.2. The molecule has 75 heavy (non-hydrogen) atoms. The number of aryl methyl sites for hydroxylation is 2.